The van der Waals surface area contributed by atoms with Gasteiger partial charge < -0.3 is 19.1 Å². The van der Waals surface area contributed by atoms with Crippen LogP contribution in [-0.2, 0) is 21.1 Å². The van der Waals surface area contributed by atoms with Crippen LogP contribution < -0.4 is 14.5 Å². The molecule has 0 radical (unpaired) electrons. The minimum absolute atomic E-state index is 0. The number of hydrogen-bond acceptors (Lipinski definition) is 4. The molecule has 45 heavy (non-hydrogen) atoms. The van der Waals surface area contributed by atoms with Crippen LogP contribution in [0.4, 0.5) is 17.1 Å². The third kappa shape index (κ3) is 4.98. The van der Waals surface area contributed by atoms with Crippen LogP contribution in [0.1, 0.15) is 11.1 Å². The van der Waals surface area contributed by atoms with Crippen LogP contribution in [0.3, 0.4) is 0 Å². The molecule has 0 bridgehead atoms. The van der Waals surface area contributed by atoms with Gasteiger partial charge in [-0.15, -0.1) is 35.7 Å². The van der Waals surface area contributed by atoms with Crippen LogP contribution in [0.15, 0.2) is 115 Å². The van der Waals surface area contributed by atoms with Gasteiger partial charge in [-0.1, -0.05) is 59.7 Å². The van der Waals surface area contributed by atoms with E-state index in [-0.39, 0.29) is 21.1 Å². The van der Waals surface area contributed by atoms with Crippen LogP contribution in [0, 0.1) is 26.0 Å². The average Bonchev–Trinajstić information content (AvgIpc) is 3.56. The molecule has 0 N–H and O–H groups in total. The standard InChI is InChI=1S/C39H30N4O.Pt/c1-26-10-8-11-27(2)39(26)28-20-21-40-38(22-28)43-34-15-5-4-14-32(34)33-19-18-31(24-37(33)43)44-30-13-9-12-29(23-30)42-25-41(3)35-16-6-7-17-36(35)42;/h4-22H,25H2,1-3H3;/q-2;+2. The number of aryl methyl sites for hydroxylation is 2. The van der Waals surface area contributed by atoms with Crippen molar-refractivity contribution in [1.82, 2.24) is 9.55 Å². The Labute approximate surface area is 277 Å². The van der Waals surface area contributed by atoms with Crippen molar-refractivity contribution in [3.8, 4) is 28.4 Å². The van der Waals surface area contributed by atoms with Crippen LogP contribution >= 0.6 is 0 Å². The minimum atomic E-state index is 0. The maximum Gasteiger partial charge on any atom is 2.00 e. The van der Waals surface area contributed by atoms with Gasteiger partial charge in [0.15, 0.2) is 0 Å². The number of hydrogen-bond donors (Lipinski definition) is 0. The molecule has 0 atom stereocenters. The first-order valence-electron chi connectivity index (χ1n) is 14.8. The second-order valence-corrected chi connectivity index (χ2v) is 11.4. The van der Waals surface area contributed by atoms with Gasteiger partial charge in [0, 0.05) is 30.3 Å². The summed E-state index contributed by atoms with van der Waals surface area (Å²) in [6.07, 6.45) is 1.89. The summed E-state index contributed by atoms with van der Waals surface area (Å²) in [4.78, 5) is 9.34. The number of rotatable bonds is 5. The largest absolute Gasteiger partial charge is 2.00 e. The van der Waals surface area contributed by atoms with Crippen LogP contribution in [0.2, 0.25) is 0 Å². The fourth-order valence-corrected chi connectivity index (χ4v) is 6.49. The normalized spacial score (nSPS) is 12.4. The maximum absolute atomic E-state index is 6.43. The van der Waals surface area contributed by atoms with Gasteiger partial charge >= 0.3 is 21.1 Å². The molecule has 1 aliphatic heterocycles. The quantitative estimate of drug-likeness (QED) is 0.164. The number of para-hydroxylation sites is 3. The summed E-state index contributed by atoms with van der Waals surface area (Å²) in [6.45, 7) is 5.08. The summed E-state index contributed by atoms with van der Waals surface area (Å²) in [5.41, 5.74) is 10.2. The van der Waals surface area contributed by atoms with E-state index in [4.69, 9.17) is 9.72 Å². The van der Waals surface area contributed by atoms with Crippen LogP contribution in [0.5, 0.6) is 11.5 Å². The summed E-state index contributed by atoms with van der Waals surface area (Å²) in [5, 5.41) is 2.25. The van der Waals surface area contributed by atoms with Crippen molar-refractivity contribution in [2.45, 2.75) is 13.8 Å². The van der Waals surface area contributed by atoms with Gasteiger partial charge in [-0.05, 0) is 71.8 Å². The van der Waals surface area contributed by atoms with Crippen molar-refractivity contribution in [2.75, 3.05) is 23.5 Å². The summed E-state index contributed by atoms with van der Waals surface area (Å²) in [7, 11) is 2.11. The van der Waals surface area contributed by atoms with Crippen LogP contribution in [0.25, 0.3) is 38.8 Å². The number of nitrogens with zero attached hydrogens (tertiary/aromatic N) is 4. The van der Waals surface area contributed by atoms with E-state index in [2.05, 4.69) is 138 Å². The molecule has 5 nitrogen and oxygen atoms in total. The first kappa shape index (κ1) is 28.9. The molecule has 0 saturated heterocycles. The smallest absolute Gasteiger partial charge is 0.509 e. The van der Waals surface area contributed by atoms with Gasteiger partial charge in [-0.3, -0.25) is 0 Å². The van der Waals surface area contributed by atoms with Crippen molar-refractivity contribution in [1.29, 1.82) is 0 Å². The summed E-state index contributed by atoms with van der Waals surface area (Å²) in [6, 6.07) is 44.8. The average molecular weight is 766 g/mol. The van der Waals surface area contributed by atoms with E-state index in [1.54, 1.807) is 0 Å². The molecule has 1 aliphatic rings. The Bertz CT molecular complexity index is 2180. The molecule has 6 heteroatoms. The number of aromatic nitrogens is 2. The first-order valence-corrected chi connectivity index (χ1v) is 14.8. The van der Waals surface area contributed by atoms with Crippen molar-refractivity contribution >= 4 is 38.9 Å². The molecular formula is C39H30N4OPt. The van der Waals surface area contributed by atoms with Crippen molar-refractivity contribution in [2.24, 2.45) is 0 Å². The Hall–Kier alpha value is -4.86. The van der Waals surface area contributed by atoms with Crippen molar-refractivity contribution in [3.05, 3.63) is 139 Å². The molecule has 0 spiro atoms. The van der Waals surface area contributed by atoms with E-state index >= 15 is 0 Å². The third-order valence-corrected chi connectivity index (χ3v) is 8.50. The number of anilines is 3. The zero-order valence-electron chi connectivity index (χ0n) is 25.2. The van der Waals surface area contributed by atoms with E-state index in [1.807, 2.05) is 24.4 Å². The maximum atomic E-state index is 6.43. The van der Waals surface area contributed by atoms with Crippen molar-refractivity contribution in [3.63, 3.8) is 0 Å². The van der Waals surface area contributed by atoms with Gasteiger partial charge in [0.25, 0.3) is 0 Å². The van der Waals surface area contributed by atoms with Gasteiger partial charge in [0.2, 0.25) is 0 Å². The Morgan fingerprint density at radius 1 is 0.711 bits per heavy atom. The summed E-state index contributed by atoms with van der Waals surface area (Å²) >= 11 is 0. The number of pyridine rings is 1. The van der Waals surface area contributed by atoms with E-state index < -0.39 is 0 Å². The van der Waals surface area contributed by atoms with E-state index in [0.717, 1.165) is 51.2 Å². The van der Waals surface area contributed by atoms with Gasteiger partial charge in [0.05, 0.1) is 18.0 Å². The molecule has 222 valence electrons. The SMILES string of the molecule is Cc1cccc(C)c1-c1ccnc(-n2c3[c-]c(Oc4[c-]c(N5CN(C)c6ccccc65)ccc4)ccc3c3ccccc32)c1.[Pt+2]. The molecule has 3 heterocycles. The molecular weight excluding hydrogens is 736 g/mol. The molecule has 8 rings (SSSR count). The molecule has 0 amide bonds. The molecule has 0 unspecified atom stereocenters. The predicted octanol–water partition coefficient (Wildman–Crippen LogP) is 9.40. The van der Waals surface area contributed by atoms with Gasteiger partial charge in [0.1, 0.15) is 5.82 Å². The second kappa shape index (κ2) is 11.6. The summed E-state index contributed by atoms with van der Waals surface area (Å²) in [5.74, 6) is 2.11. The zero-order valence-corrected chi connectivity index (χ0v) is 27.5. The first-order chi connectivity index (χ1) is 21.5. The number of ether oxygens (including phenoxy) is 1. The fraction of sp³-hybridized carbons (Fsp3) is 0.103. The topological polar surface area (TPSA) is 33.5 Å². The molecule has 5 aromatic carbocycles. The second-order valence-electron chi connectivity index (χ2n) is 11.4. The molecule has 0 aliphatic carbocycles. The Morgan fingerprint density at radius 2 is 1.44 bits per heavy atom. The molecule has 7 aromatic rings. The number of benzene rings is 5. The zero-order chi connectivity index (χ0) is 29.8. The van der Waals surface area contributed by atoms with Gasteiger partial charge in [-0.2, -0.15) is 12.1 Å². The minimum Gasteiger partial charge on any atom is -0.509 e. The fourth-order valence-electron chi connectivity index (χ4n) is 6.49. The van der Waals surface area contributed by atoms with E-state index in [9.17, 15) is 0 Å². The third-order valence-electron chi connectivity index (χ3n) is 8.50. The Kier molecular flexibility index (Phi) is 7.43. The van der Waals surface area contributed by atoms with Crippen molar-refractivity contribution < 1.29 is 25.8 Å². The monoisotopic (exact) mass is 765 g/mol. The summed E-state index contributed by atoms with van der Waals surface area (Å²) < 4.78 is 8.61. The Balaban J connectivity index is 0.00000325. The van der Waals surface area contributed by atoms with Crippen LogP contribution in [-0.4, -0.2) is 23.3 Å². The van der Waals surface area contributed by atoms with Gasteiger partial charge in [-0.25, -0.2) is 4.98 Å². The Morgan fingerprint density at radius 3 is 2.29 bits per heavy atom. The van der Waals surface area contributed by atoms with E-state index in [1.165, 1.54) is 22.4 Å². The van der Waals surface area contributed by atoms with E-state index in [0.29, 0.717) is 11.5 Å². The predicted molar refractivity (Wildman–Crippen MR) is 180 cm³/mol. The molecule has 0 saturated carbocycles. The molecule has 0 fully saturated rings. The molecule has 2 aromatic heterocycles. The number of fused-ring (bicyclic) bond motifs is 4.